The number of carbonyl (C=O) groups excluding carboxylic acids is 1. The highest BCUT2D eigenvalue weighted by molar-refractivity contribution is 5.89. The lowest BCUT2D eigenvalue weighted by Gasteiger charge is -2.25. The summed E-state index contributed by atoms with van der Waals surface area (Å²) in [5.74, 6) is -0.317. The molecule has 0 aliphatic heterocycles. The molecule has 0 amide bonds. The number of unbranched alkanes of at least 4 members (excludes halogenated alkanes) is 6. The molecule has 0 bridgehead atoms. The summed E-state index contributed by atoms with van der Waals surface area (Å²) < 4.78 is 4.75. The first kappa shape index (κ1) is 30.0. The van der Waals surface area contributed by atoms with Crippen LogP contribution in [0, 0.1) is 0 Å². The van der Waals surface area contributed by atoms with Crippen LogP contribution in [-0.4, -0.2) is 26.2 Å². The van der Waals surface area contributed by atoms with E-state index < -0.39 is 0 Å². The van der Waals surface area contributed by atoms with Gasteiger partial charge in [-0.15, -0.1) is 0 Å². The van der Waals surface area contributed by atoms with E-state index in [1.165, 1.54) is 75.3 Å². The third-order valence-corrected chi connectivity index (χ3v) is 7.03. The highest BCUT2D eigenvalue weighted by atomic mass is 16.5. The molecule has 0 saturated heterocycles. The smallest absolute Gasteiger partial charge is 0.337 e. The van der Waals surface area contributed by atoms with Crippen molar-refractivity contribution in [1.82, 2.24) is 0 Å². The molecule has 206 valence electrons. The Labute approximate surface area is 236 Å². The van der Waals surface area contributed by atoms with Crippen molar-refractivity contribution in [2.75, 3.05) is 25.1 Å². The largest absolute Gasteiger partial charge is 0.465 e. The van der Waals surface area contributed by atoms with Crippen molar-refractivity contribution in [3.8, 4) is 0 Å². The summed E-state index contributed by atoms with van der Waals surface area (Å²) in [5.41, 5.74) is 6.46. The minimum Gasteiger partial charge on any atom is -0.465 e. The number of nitrogens with zero attached hydrogens (tertiary/aromatic N) is 1. The van der Waals surface area contributed by atoms with Crippen molar-refractivity contribution >= 4 is 36.0 Å². The van der Waals surface area contributed by atoms with Crippen molar-refractivity contribution in [1.29, 1.82) is 0 Å². The van der Waals surface area contributed by atoms with Crippen LogP contribution in [0.1, 0.15) is 97.8 Å². The second-order valence-electron chi connectivity index (χ2n) is 10.1. The lowest BCUT2D eigenvalue weighted by Crippen LogP contribution is -2.25. The van der Waals surface area contributed by atoms with Crippen LogP contribution in [0.25, 0.3) is 24.3 Å². The third kappa shape index (κ3) is 10.6. The predicted octanol–water partition coefficient (Wildman–Crippen LogP) is 9.78. The van der Waals surface area contributed by atoms with E-state index in [1.54, 1.807) is 12.1 Å². The van der Waals surface area contributed by atoms with Crippen LogP contribution in [0.15, 0.2) is 72.8 Å². The molecule has 3 nitrogen and oxygen atoms in total. The van der Waals surface area contributed by atoms with Crippen LogP contribution in [0.3, 0.4) is 0 Å². The summed E-state index contributed by atoms with van der Waals surface area (Å²) in [6.45, 7) is 6.86. The molecule has 0 radical (unpaired) electrons. The number of benzene rings is 3. The van der Waals surface area contributed by atoms with Gasteiger partial charge >= 0.3 is 5.97 Å². The van der Waals surface area contributed by atoms with E-state index >= 15 is 0 Å². The second-order valence-corrected chi connectivity index (χ2v) is 10.1. The highest BCUT2D eigenvalue weighted by Crippen LogP contribution is 2.20. The van der Waals surface area contributed by atoms with Crippen LogP contribution < -0.4 is 4.90 Å². The van der Waals surface area contributed by atoms with Crippen molar-refractivity contribution in [2.24, 2.45) is 0 Å². The fraction of sp³-hybridized carbons (Fsp3) is 0.361. The molecular formula is C36H45NO2. The van der Waals surface area contributed by atoms with Gasteiger partial charge in [-0.1, -0.05) is 125 Å². The lowest BCUT2D eigenvalue weighted by atomic mass is 10.1. The van der Waals surface area contributed by atoms with Crippen LogP contribution in [0.2, 0.25) is 0 Å². The first-order valence-corrected chi connectivity index (χ1v) is 14.6. The number of carbonyl (C=O) groups is 1. The molecule has 0 fully saturated rings. The zero-order valence-electron chi connectivity index (χ0n) is 24.1. The van der Waals surface area contributed by atoms with Crippen molar-refractivity contribution in [3.63, 3.8) is 0 Å². The fourth-order valence-corrected chi connectivity index (χ4v) is 4.58. The molecule has 0 aliphatic rings. The minimum atomic E-state index is -0.317. The molecule has 3 aromatic rings. The molecule has 0 unspecified atom stereocenters. The first-order valence-electron chi connectivity index (χ1n) is 14.6. The molecule has 0 saturated carbocycles. The molecule has 0 heterocycles. The standard InChI is InChI=1S/C36H45NO2/c1-4-6-8-10-28-37(29-11-9-7-5-2)35-26-22-33(23-27-35)19-17-31-14-12-30(13-15-31)16-18-32-20-24-34(25-21-32)36(38)39-3/h12-27H,4-11,28-29H2,1-3H3/b18-16+,19-17+. The highest BCUT2D eigenvalue weighted by Gasteiger charge is 2.06. The van der Waals surface area contributed by atoms with E-state index in [2.05, 4.69) is 85.5 Å². The zero-order chi connectivity index (χ0) is 27.7. The van der Waals surface area contributed by atoms with Gasteiger partial charge in [0.15, 0.2) is 0 Å². The van der Waals surface area contributed by atoms with Gasteiger partial charge in [-0.3, -0.25) is 0 Å². The molecule has 0 N–H and O–H groups in total. The zero-order valence-corrected chi connectivity index (χ0v) is 24.1. The summed E-state index contributed by atoms with van der Waals surface area (Å²) in [4.78, 5) is 14.2. The molecular weight excluding hydrogens is 478 g/mol. The number of methoxy groups -OCH3 is 1. The Morgan fingerprint density at radius 1 is 0.590 bits per heavy atom. The molecule has 3 rings (SSSR count). The number of rotatable bonds is 16. The Hall–Kier alpha value is -3.59. The monoisotopic (exact) mass is 523 g/mol. The number of hydrogen-bond donors (Lipinski definition) is 0. The van der Waals surface area contributed by atoms with E-state index in [-0.39, 0.29) is 5.97 Å². The normalized spacial score (nSPS) is 11.4. The molecule has 0 aliphatic carbocycles. The summed E-state index contributed by atoms with van der Waals surface area (Å²) >= 11 is 0. The molecule has 3 heteroatoms. The Bertz CT molecular complexity index is 1150. The number of ether oxygens (including phenoxy) is 1. The Morgan fingerprint density at radius 2 is 0.974 bits per heavy atom. The predicted molar refractivity (Wildman–Crippen MR) is 169 cm³/mol. The van der Waals surface area contributed by atoms with E-state index in [0.29, 0.717) is 5.56 Å². The molecule has 3 aromatic carbocycles. The maximum atomic E-state index is 11.6. The van der Waals surface area contributed by atoms with Crippen molar-refractivity contribution in [2.45, 2.75) is 65.2 Å². The summed E-state index contributed by atoms with van der Waals surface area (Å²) in [7, 11) is 1.39. The summed E-state index contributed by atoms with van der Waals surface area (Å²) in [6.07, 6.45) is 18.9. The van der Waals surface area contributed by atoms with Gasteiger partial charge in [-0.25, -0.2) is 4.79 Å². The Balaban J connectivity index is 1.56. The SMILES string of the molecule is CCCCCCN(CCCCCC)c1ccc(/C=C/c2ccc(/C=C/c3ccc(C(=O)OC)cc3)cc2)cc1. The first-order chi connectivity index (χ1) is 19.1. The van der Waals surface area contributed by atoms with Gasteiger partial charge in [0, 0.05) is 18.8 Å². The number of hydrogen-bond acceptors (Lipinski definition) is 3. The van der Waals surface area contributed by atoms with Gasteiger partial charge in [-0.2, -0.15) is 0 Å². The fourth-order valence-electron chi connectivity index (χ4n) is 4.58. The van der Waals surface area contributed by atoms with E-state index in [1.807, 2.05) is 18.2 Å². The molecule has 0 spiro atoms. The van der Waals surface area contributed by atoms with Gasteiger partial charge in [0.1, 0.15) is 0 Å². The van der Waals surface area contributed by atoms with Crippen LogP contribution >= 0.6 is 0 Å². The van der Waals surface area contributed by atoms with Gasteiger partial charge in [0.2, 0.25) is 0 Å². The Morgan fingerprint density at radius 3 is 1.36 bits per heavy atom. The molecule has 0 aromatic heterocycles. The van der Waals surface area contributed by atoms with E-state index in [0.717, 1.165) is 24.2 Å². The Kier molecular flexibility index (Phi) is 13.1. The quantitative estimate of drug-likeness (QED) is 0.106. The number of esters is 1. The van der Waals surface area contributed by atoms with Crippen molar-refractivity contribution < 1.29 is 9.53 Å². The number of anilines is 1. The summed E-state index contributed by atoms with van der Waals surface area (Å²) in [6, 6.07) is 25.0. The van der Waals surface area contributed by atoms with Crippen LogP contribution in [0.4, 0.5) is 5.69 Å². The van der Waals surface area contributed by atoms with Gasteiger partial charge < -0.3 is 9.64 Å². The third-order valence-electron chi connectivity index (χ3n) is 7.03. The molecule has 0 atom stereocenters. The van der Waals surface area contributed by atoms with E-state index in [4.69, 9.17) is 4.74 Å². The van der Waals surface area contributed by atoms with Gasteiger partial charge in [0.25, 0.3) is 0 Å². The van der Waals surface area contributed by atoms with Crippen LogP contribution in [0.5, 0.6) is 0 Å². The second kappa shape index (κ2) is 17.1. The van der Waals surface area contributed by atoms with Gasteiger partial charge in [0.05, 0.1) is 12.7 Å². The maximum absolute atomic E-state index is 11.6. The minimum absolute atomic E-state index is 0.317. The molecule has 39 heavy (non-hydrogen) atoms. The maximum Gasteiger partial charge on any atom is 0.337 e. The average Bonchev–Trinajstić information content (AvgIpc) is 2.99. The van der Waals surface area contributed by atoms with Gasteiger partial charge in [-0.05, 0) is 59.4 Å². The summed E-state index contributed by atoms with van der Waals surface area (Å²) in [5, 5.41) is 0. The van der Waals surface area contributed by atoms with E-state index in [9.17, 15) is 4.79 Å². The lowest BCUT2D eigenvalue weighted by molar-refractivity contribution is 0.0600. The van der Waals surface area contributed by atoms with Crippen molar-refractivity contribution in [3.05, 3.63) is 101 Å². The van der Waals surface area contributed by atoms with Crippen LogP contribution in [-0.2, 0) is 4.74 Å². The topological polar surface area (TPSA) is 29.5 Å². The average molecular weight is 524 g/mol.